The molecule has 5 nitrogen and oxygen atoms in total. The summed E-state index contributed by atoms with van der Waals surface area (Å²) in [6.07, 6.45) is 3.81. The summed E-state index contributed by atoms with van der Waals surface area (Å²) in [4.78, 5) is 20.8. The van der Waals surface area contributed by atoms with Gasteiger partial charge >= 0.3 is 0 Å². The number of fused-ring (bicyclic) bond motifs is 1. The Kier molecular flexibility index (Phi) is 3.98. The molecule has 0 saturated heterocycles. The fraction of sp³-hybridized carbons (Fsp3) is 0.500. The predicted octanol–water partition coefficient (Wildman–Crippen LogP) is 1.60. The minimum Gasteiger partial charge on any atom is -0.358 e. The topological polar surface area (TPSA) is 40.9 Å². The third kappa shape index (κ3) is 2.54. The predicted molar refractivity (Wildman–Crippen MR) is 74.9 cm³/mol. The second-order valence-corrected chi connectivity index (χ2v) is 5.45. The van der Waals surface area contributed by atoms with E-state index in [-0.39, 0.29) is 0 Å². The lowest BCUT2D eigenvalue weighted by molar-refractivity contribution is 0.111. The van der Waals surface area contributed by atoms with Crippen LogP contribution in [-0.4, -0.2) is 54.8 Å². The van der Waals surface area contributed by atoms with Crippen LogP contribution in [-0.2, 0) is 0 Å². The average molecular weight is 266 g/mol. The van der Waals surface area contributed by atoms with Crippen LogP contribution < -0.4 is 4.90 Å². The number of hydrogen-bond acceptors (Lipinski definition) is 5. The van der Waals surface area contributed by atoms with Crippen LogP contribution in [0.4, 0.5) is 5.82 Å². The van der Waals surface area contributed by atoms with Crippen LogP contribution in [0.1, 0.15) is 16.9 Å². The van der Waals surface area contributed by atoms with E-state index in [9.17, 15) is 4.79 Å². The van der Waals surface area contributed by atoms with Crippen LogP contribution in [0.15, 0.2) is 11.6 Å². The molecule has 0 radical (unpaired) electrons. The maximum atomic E-state index is 11.2. The molecule has 18 heavy (non-hydrogen) atoms. The molecule has 0 aliphatic carbocycles. The fourth-order valence-electron chi connectivity index (χ4n) is 1.91. The summed E-state index contributed by atoms with van der Waals surface area (Å²) in [6, 6.07) is 0. The summed E-state index contributed by atoms with van der Waals surface area (Å²) in [5.74, 6) is 0.774. The van der Waals surface area contributed by atoms with Crippen LogP contribution in [0.2, 0.25) is 0 Å². The zero-order chi connectivity index (χ0) is 13.1. The van der Waals surface area contributed by atoms with Gasteiger partial charge in [0, 0.05) is 25.2 Å². The van der Waals surface area contributed by atoms with Gasteiger partial charge in [0.2, 0.25) is 0 Å². The van der Waals surface area contributed by atoms with E-state index in [4.69, 9.17) is 0 Å². The Balaban J connectivity index is 2.14. The first-order chi connectivity index (χ1) is 8.63. The minimum absolute atomic E-state index is 0.638. The molecule has 2 aromatic heterocycles. The Bertz CT molecular complexity index is 531. The van der Waals surface area contributed by atoms with Gasteiger partial charge in [-0.2, -0.15) is 0 Å². The zero-order valence-electron chi connectivity index (χ0n) is 11.0. The Morgan fingerprint density at radius 2 is 2.17 bits per heavy atom. The number of hydrogen-bond donors (Lipinski definition) is 0. The second kappa shape index (κ2) is 5.49. The molecule has 0 amide bonds. The van der Waals surface area contributed by atoms with Gasteiger partial charge in [0.1, 0.15) is 5.69 Å². The van der Waals surface area contributed by atoms with Gasteiger partial charge in [-0.1, -0.05) is 0 Å². The van der Waals surface area contributed by atoms with E-state index >= 15 is 0 Å². The number of aromatic nitrogens is 2. The summed E-state index contributed by atoms with van der Waals surface area (Å²) in [7, 11) is 6.10. The van der Waals surface area contributed by atoms with Crippen LogP contribution in [0, 0.1) is 0 Å². The molecule has 0 fully saturated rings. The standard InChI is InChI=1S/C12H18N4OS/c1-14(2)5-4-6-15(3)11-10(9-17)16-7-8-18-12(16)13-11/h7-9H,4-6H2,1-3H3. The van der Waals surface area contributed by atoms with E-state index in [0.717, 1.165) is 36.6 Å². The monoisotopic (exact) mass is 266 g/mol. The summed E-state index contributed by atoms with van der Waals surface area (Å²) in [5, 5.41) is 1.94. The normalized spacial score (nSPS) is 11.3. The molecule has 0 atom stereocenters. The van der Waals surface area contributed by atoms with Gasteiger partial charge in [-0.15, -0.1) is 11.3 Å². The molecule has 6 heteroatoms. The van der Waals surface area contributed by atoms with E-state index in [1.54, 1.807) is 11.3 Å². The Hall–Kier alpha value is -1.40. The number of imidazole rings is 1. The van der Waals surface area contributed by atoms with E-state index in [1.165, 1.54) is 0 Å². The van der Waals surface area contributed by atoms with Crippen molar-refractivity contribution in [2.24, 2.45) is 0 Å². The molecule has 0 aromatic carbocycles. The first-order valence-electron chi connectivity index (χ1n) is 5.90. The molecule has 2 heterocycles. The van der Waals surface area contributed by atoms with Crippen molar-refractivity contribution in [2.45, 2.75) is 6.42 Å². The van der Waals surface area contributed by atoms with E-state index in [1.807, 2.05) is 27.9 Å². The molecule has 2 rings (SSSR count). The third-order valence-electron chi connectivity index (χ3n) is 2.85. The Morgan fingerprint density at radius 1 is 1.39 bits per heavy atom. The maximum Gasteiger partial charge on any atom is 0.196 e. The smallest absolute Gasteiger partial charge is 0.196 e. The zero-order valence-corrected chi connectivity index (χ0v) is 11.8. The van der Waals surface area contributed by atoms with Crippen LogP contribution in [0.3, 0.4) is 0 Å². The molecule has 0 saturated carbocycles. The Morgan fingerprint density at radius 3 is 2.83 bits per heavy atom. The highest BCUT2D eigenvalue weighted by Crippen LogP contribution is 2.22. The lowest BCUT2D eigenvalue weighted by Crippen LogP contribution is -2.24. The van der Waals surface area contributed by atoms with Gasteiger partial charge < -0.3 is 9.80 Å². The highest BCUT2D eigenvalue weighted by molar-refractivity contribution is 7.15. The lowest BCUT2D eigenvalue weighted by atomic mass is 10.3. The molecule has 0 unspecified atom stereocenters. The summed E-state index contributed by atoms with van der Waals surface area (Å²) < 4.78 is 1.84. The molecule has 0 aliphatic heterocycles. The highest BCUT2D eigenvalue weighted by atomic mass is 32.1. The number of nitrogens with zero attached hydrogens (tertiary/aromatic N) is 4. The second-order valence-electron chi connectivity index (χ2n) is 4.57. The van der Waals surface area contributed by atoms with Gasteiger partial charge in [-0.05, 0) is 27.1 Å². The number of carbonyl (C=O) groups is 1. The fourth-order valence-corrected chi connectivity index (χ4v) is 2.63. The first kappa shape index (κ1) is 13.0. The van der Waals surface area contributed by atoms with E-state index < -0.39 is 0 Å². The van der Waals surface area contributed by atoms with Crippen LogP contribution >= 0.6 is 11.3 Å². The van der Waals surface area contributed by atoms with Crippen molar-refractivity contribution in [3.05, 3.63) is 17.3 Å². The number of aldehydes is 1. The number of anilines is 1. The summed E-state index contributed by atoms with van der Waals surface area (Å²) >= 11 is 1.54. The minimum atomic E-state index is 0.638. The average Bonchev–Trinajstić information content (AvgIpc) is 2.87. The van der Waals surface area contributed by atoms with Crippen LogP contribution in [0.25, 0.3) is 4.96 Å². The van der Waals surface area contributed by atoms with Crippen molar-refractivity contribution in [2.75, 3.05) is 39.1 Å². The molecule has 0 bridgehead atoms. The molecule has 0 spiro atoms. The SMILES string of the molecule is CN(C)CCCN(C)c1nc2sccn2c1C=O. The molecular weight excluding hydrogens is 248 g/mol. The number of rotatable bonds is 6. The highest BCUT2D eigenvalue weighted by Gasteiger charge is 2.15. The quantitative estimate of drug-likeness (QED) is 0.745. The third-order valence-corrected chi connectivity index (χ3v) is 3.61. The van der Waals surface area contributed by atoms with Crippen molar-refractivity contribution < 1.29 is 4.79 Å². The molecule has 0 N–H and O–H groups in total. The molecule has 2 aromatic rings. The van der Waals surface area contributed by atoms with Gasteiger partial charge in [0.25, 0.3) is 0 Å². The van der Waals surface area contributed by atoms with Gasteiger partial charge in [-0.3, -0.25) is 9.20 Å². The summed E-state index contributed by atoms with van der Waals surface area (Å²) in [5.41, 5.74) is 0.638. The van der Waals surface area contributed by atoms with Gasteiger partial charge in [-0.25, -0.2) is 4.98 Å². The molecule has 98 valence electrons. The van der Waals surface area contributed by atoms with Crippen LogP contribution in [0.5, 0.6) is 0 Å². The number of carbonyl (C=O) groups excluding carboxylic acids is 1. The summed E-state index contributed by atoms with van der Waals surface area (Å²) in [6.45, 7) is 1.92. The van der Waals surface area contributed by atoms with Gasteiger partial charge in [0.05, 0.1) is 0 Å². The largest absolute Gasteiger partial charge is 0.358 e. The van der Waals surface area contributed by atoms with E-state index in [2.05, 4.69) is 24.0 Å². The Labute approximate surface area is 111 Å². The van der Waals surface area contributed by atoms with Crippen molar-refractivity contribution in [3.8, 4) is 0 Å². The van der Waals surface area contributed by atoms with E-state index in [0.29, 0.717) is 5.69 Å². The number of thiazole rings is 1. The molecular formula is C12H18N4OS. The molecule has 0 aliphatic rings. The first-order valence-corrected chi connectivity index (χ1v) is 6.78. The van der Waals surface area contributed by atoms with Crippen molar-refractivity contribution >= 4 is 28.4 Å². The lowest BCUT2D eigenvalue weighted by Gasteiger charge is -2.18. The maximum absolute atomic E-state index is 11.2. The van der Waals surface area contributed by atoms with Crippen molar-refractivity contribution in [1.29, 1.82) is 0 Å². The van der Waals surface area contributed by atoms with Crippen molar-refractivity contribution in [3.63, 3.8) is 0 Å². The van der Waals surface area contributed by atoms with Crippen molar-refractivity contribution in [1.82, 2.24) is 14.3 Å². The van der Waals surface area contributed by atoms with Gasteiger partial charge in [0.15, 0.2) is 17.1 Å².